The number of hydrogen-bond donors (Lipinski definition) is 1. The number of aryl methyl sites for hydroxylation is 1. The van der Waals surface area contributed by atoms with Crippen molar-refractivity contribution in [3.8, 4) is 5.75 Å². The number of halogens is 1. The second kappa shape index (κ2) is 7.35. The summed E-state index contributed by atoms with van der Waals surface area (Å²) < 4.78 is 33.5. The van der Waals surface area contributed by atoms with Crippen LogP contribution in [0.15, 0.2) is 36.7 Å². The fraction of sp³-hybridized carbons (Fsp3) is 0.364. The molecule has 0 saturated carbocycles. The highest BCUT2D eigenvalue weighted by Crippen LogP contribution is 2.37. The molecule has 3 heterocycles. The zero-order valence-corrected chi connectivity index (χ0v) is 18.4. The van der Waals surface area contributed by atoms with E-state index in [0.29, 0.717) is 28.1 Å². The van der Waals surface area contributed by atoms with Gasteiger partial charge in [0, 0.05) is 11.2 Å². The first-order valence-corrected chi connectivity index (χ1v) is 10.0. The Hall–Kier alpha value is -2.91. The van der Waals surface area contributed by atoms with E-state index in [1.54, 1.807) is 42.9 Å². The number of amides is 1. The van der Waals surface area contributed by atoms with Crippen LogP contribution in [-0.4, -0.2) is 41.0 Å². The van der Waals surface area contributed by atoms with Crippen molar-refractivity contribution in [1.82, 2.24) is 9.61 Å². The molecule has 7 nitrogen and oxygen atoms in total. The van der Waals surface area contributed by atoms with Gasteiger partial charge < -0.3 is 19.4 Å². The lowest BCUT2D eigenvalue weighted by Gasteiger charge is -2.32. The number of nitrogens with one attached hydrogen (secondary N) is 1. The van der Waals surface area contributed by atoms with Crippen LogP contribution < -0.4 is 15.5 Å². The van der Waals surface area contributed by atoms with Gasteiger partial charge in [0.15, 0.2) is 0 Å². The predicted molar refractivity (Wildman–Crippen MR) is 117 cm³/mol. The van der Waals surface area contributed by atoms with Crippen LogP contribution in [-0.2, 0) is 9.31 Å². The first kappa shape index (κ1) is 21.3. The van der Waals surface area contributed by atoms with Crippen molar-refractivity contribution < 1.29 is 23.2 Å². The molecule has 4 rings (SSSR count). The molecule has 9 heteroatoms. The summed E-state index contributed by atoms with van der Waals surface area (Å²) in [5.74, 6) is -0.171. The van der Waals surface area contributed by atoms with Crippen LogP contribution in [0.5, 0.6) is 5.75 Å². The summed E-state index contributed by atoms with van der Waals surface area (Å²) in [5, 5.41) is 7.08. The van der Waals surface area contributed by atoms with E-state index in [-0.39, 0.29) is 11.4 Å². The molecule has 31 heavy (non-hydrogen) atoms. The van der Waals surface area contributed by atoms with Gasteiger partial charge in [0.05, 0.1) is 41.8 Å². The molecule has 1 aliphatic rings. The molecule has 0 spiro atoms. The second-order valence-corrected chi connectivity index (χ2v) is 8.69. The molecule has 1 amide bonds. The Morgan fingerprint density at radius 1 is 1.19 bits per heavy atom. The number of carbonyl (C=O) groups excluding carboxylic acids is 1. The van der Waals surface area contributed by atoms with E-state index in [1.807, 2.05) is 27.7 Å². The number of benzene rings is 1. The summed E-state index contributed by atoms with van der Waals surface area (Å²) in [7, 11) is 0.693. The van der Waals surface area contributed by atoms with Gasteiger partial charge in [-0.1, -0.05) is 0 Å². The molecular weight excluding hydrogens is 400 g/mol. The van der Waals surface area contributed by atoms with Crippen LogP contribution in [0.1, 0.15) is 43.6 Å². The molecular formula is C22H25BFN3O4. The lowest BCUT2D eigenvalue weighted by molar-refractivity contribution is 0.00578. The van der Waals surface area contributed by atoms with Crippen molar-refractivity contribution in [2.45, 2.75) is 45.8 Å². The number of fused-ring (bicyclic) bond motifs is 1. The number of anilines is 1. The first-order chi connectivity index (χ1) is 14.5. The van der Waals surface area contributed by atoms with Gasteiger partial charge in [-0.25, -0.2) is 8.91 Å². The van der Waals surface area contributed by atoms with E-state index in [9.17, 15) is 9.18 Å². The number of rotatable bonds is 4. The van der Waals surface area contributed by atoms with E-state index >= 15 is 0 Å². The second-order valence-electron chi connectivity index (χ2n) is 8.69. The van der Waals surface area contributed by atoms with Gasteiger partial charge in [-0.2, -0.15) is 5.10 Å². The van der Waals surface area contributed by atoms with E-state index in [0.717, 1.165) is 0 Å². The highest BCUT2D eigenvalue weighted by Gasteiger charge is 2.52. The van der Waals surface area contributed by atoms with Gasteiger partial charge in [-0.3, -0.25) is 4.79 Å². The van der Waals surface area contributed by atoms with Crippen LogP contribution in [0.25, 0.3) is 5.52 Å². The summed E-state index contributed by atoms with van der Waals surface area (Å²) in [6, 6.07) is 6.46. The third kappa shape index (κ3) is 3.68. The predicted octanol–water partition coefficient (Wildman–Crippen LogP) is 3.34. The smallest absolute Gasteiger partial charge is 0.495 e. The largest absolute Gasteiger partial charge is 0.497 e. The number of aromatic nitrogens is 2. The van der Waals surface area contributed by atoms with E-state index in [2.05, 4.69) is 10.4 Å². The molecule has 0 atom stereocenters. The summed E-state index contributed by atoms with van der Waals surface area (Å²) >= 11 is 0. The third-order valence-corrected chi connectivity index (χ3v) is 6.07. The summed E-state index contributed by atoms with van der Waals surface area (Å²) in [6.07, 6.45) is 3.17. The highest BCUT2D eigenvalue weighted by atomic mass is 19.1. The Kier molecular flexibility index (Phi) is 5.06. The lowest BCUT2D eigenvalue weighted by atomic mass is 9.78. The number of carbonyl (C=O) groups is 1. The molecule has 162 valence electrons. The Morgan fingerprint density at radius 2 is 1.87 bits per heavy atom. The summed E-state index contributed by atoms with van der Waals surface area (Å²) in [5.41, 5.74) is 1.12. The van der Waals surface area contributed by atoms with Crippen LogP contribution in [0.3, 0.4) is 0 Å². The molecule has 1 N–H and O–H groups in total. The zero-order chi connectivity index (χ0) is 22.6. The molecule has 0 unspecified atom stereocenters. The fourth-order valence-electron chi connectivity index (χ4n) is 3.43. The third-order valence-electron chi connectivity index (χ3n) is 6.07. The fourth-order valence-corrected chi connectivity index (χ4v) is 3.43. The maximum Gasteiger partial charge on any atom is 0.497 e. The van der Waals surface area contributed by atoms with Crippen molar-refractivity contribution in [3.63, 3.8) is 0 Å². The molecule has 0 bridgehead atoms. The normalized spacial score (nSPS) is 17.2. The van der Waals surface area contributed by atoms with Gasteiger partial charge in [0.1, 0.15) is 11.6 Å². The Balaban J connectivity index is 1.64. The van der Waals surface area contributed by atoms with Crippen LogP contribution in [0.2, 0.25) is 0 Å². The van der Waals surface area contributed by atoms with Gasteiger partial charge in [0.2, 0.25) is 0 Å². The van der Waals surface area contributed by atoms with Crippen molar-refractivity contribution in [3.05, 3.63) is 53.6 Å². The Bertz CT molecular complexity index is 1160. The number of methoxy groups -OCH3 is 1. The van der Waals surface area contributed by atoms with E-state index < -0.39 is 24.1 Å². The Morgan fingerprint density at radius 3 is 2.52 bits per heavy atom. The molecule has 1 saturated heterocycles. The van der Waals surface area contributed by atoms with Crippen molar-refractivity contribution in [2.24, 2.45) is 0 Å². The number of hydrogen-bond acceptors (Lipinski definition) is 5. The maximum atomic E-state index is 14.8. The highest BCUT2D eigenvalue weighted by molar-refractivity contribution is 6.62. The molecule has 1 fully saturated rings. The van der Waals surface area contributed by atoms with E-state index in [1.165, 1.54) is 12.3 Å². The Labute approximate surface area is 180 Å². The molecule has 0 radical (unpaired) electrons. The van der Waals surface area contributed by atoms with Crippen LogP contribution in [0, 0.1) is 12.7 Å². The van der Waals surface area contributed by atoms with Crippen LogP contribution in [0.4, 0.5) is 10.1 Å². The average Bonchev–Trinajstić information content (AvgIpc) is 3.20. The SMILES string of the molecule is COc1ccc2c(C(=O)Nc3cc(B4OC(C)(C)C(C)(C)O4)c(F)cc3C)cnn2c1. The molecule has 2 aromatic heterocycles. The minimum Gasteiger partial charge on any atom is -0.495 e. The number of ether oxygens (including phenoxy) is 1. The van der Waals surface area contributed by atoms with E-state index in [4.69, 9.17) is 14.0 Å². The number of nitrogens with zero attached hydrogens (tertiary/aromatic N) is 2. The van der Waals surface area contributed by atoms with Crippen LogP contribution >= 0.6 is 0 Å². The van der Waals surface area contributed by atoms with Crippen molar-refractivity contribution in [2.75, 3.05) is 12.4 Å². The van der Waals surface area contributed by atoms with Gasteiger partial charge in [-0.15, -0.1) is 0 Å². The minimum absolute atomic E-state index is 0.240. The zero-order valence-electron chi connectivity index (χ0n) is 18.4. The lowest BCUT2D eigenvalue weighted by Crippen LogP contribution is -2.41. The molecule has 1 aliphatic heterocycles. The minimum atomic E-state index is -0.870. The number of pyridine rings is 1. The van der Waals surface area contributed by atoms with Gasteiger partial charge in [-0.05, 0) is 64.4 Å². The topological polar surface area (TPSA) is 74.1 Å². The van der Waals surface area contributed by atoms with Gasteiger partial charge >= 0.3 is 7.12 Å². The van der Waals surface area contributed by atoms with Crippen molar-refractivity contribution >= 4 is 29.7 Å². The summed E-state index contributed by atoms with van der Waals surface area (Å²) in [6.45, 7) is 9.35. The average molecular weight is 425 g/mol. The first-order valence-electron chi connectivity index (χ1n) is 10.0. The van der Waals surface area contributed by atoms with Gasteiger partial charge in [0.25, 0.3) is 5.91 Å². The maximum absolute atomic E-state index is 14.8. The molecule has 3 aromatic rings. The molecule has 0 aliphatic carbocycles. The molecule has 1 aromatic carbocycles. The van der Waals surface area contributed by atoms with Crippen molar-refractivity contribution in [1.29, 1.82) is 0 Å². The standard InChI is InChI=1S/C22H25BFN3O4/c1-13-9-17(24)16(23-30-21(2,3)22(4,5)31-23)10-18(13)26-20(28)15-11-25-27-12-14(29-6)7-8-19(15)27/h7-12H,1-6H3,(H,26,28). The monoisotopic (exact) mass is 425 g/mol. The summed E-state index contributed by atoms with van der Waals surface area (Å²) in [4.78, 5) is 13.0. The quantitative estimate of drug-likeness (QED) is 0.650.